The molecular weight excluding hydrogens is 502 g/mol. The molecule has 1 aromatic carbocycles. The lowest BCUT2D eigenvalue weighted by atomic mass is 9.94. The lowest BCUT2D eigenvalue weighted by Crippen LogP contribution is -2.48. The number of aliphatic imine (C=N–C) groups is 1. The number of amides is 1. The number of nitrogens with one attached hydrogen (secondary N) is 1. The van der Waals surface area contributed by atoms with E-state index in [0.717, 1.165) is 28.8 Å². The van der Waals surface area contributed by atoms with E-state index in [0.29, 0.717) is 29.1 Å². The summed E-state index contributed by atoms with van der Waals surface area (Å²) in [4.78, 5) is 19.0. The monoisotopic (exact) mass is 521 g/mol. The zero-order chi connectivity index (χ0) is 21.8. The number of hydrogen-bond acceptors (Lipinski definition) is 6. The van der Waals surface area contributed by atoms with Crippen molar-refractivity contribution < 1.29 is 15.0 Å². The Kier molecular flexibility index (Phi) is 5.46. The van der Waals surface area contributed by atoms with E-state index in [1.54, 1.807) is 40.5 Å². The van der Waals surface area contributed by atoms with Crippen LogP contribution in [0.1, 0.15) is 36.5 Å². The number of thiophene rings is 1. The number of aliphatic hydroxyl groups is 2. The quantitative estimate of drug-likeness (QED) is 0.571. The Morgan fingerprint density at radius 1 is 1.39 bits per heavy atom. The number of halogens is 2. The van der Waals surface area contributed by atoms with Crippen molar-refractivity contribution in [3.8, 4) is 0 Å². The Morgan fingerprint density at radius 3 is 2.87 bits per heavy atom. The van der Waals surface area contributed by atoms with Crippen molar-refractivity contribution in [1.82, 2.24) is 10.2 Å². The number of carbonyl (C=O) groups is 1. The Labute approximate surface area is 197 Å². The van der Waals surface area contributed by atoms with Crippen LogP contribution in [0.15, 0.2) is 55.8 Å². The smallest absolute Gasteiger partial charge is 0.256 e. The molecule has 2 aromatic rings. The van der Waals surface area contributed by atoms with Gasteiger partial charge in [-0.2, -0.15) is 11.3 Å². The topological polar surface area (TPSA) is 85.2 Å². The highest BCUT2D eigenvalue weighted by molar-refractivity contribution is 9.10. The molecule has 1 fully saturated rings. The second-order valence-corrected chi connectivity index (χ2v) is 10.2. The number of hydrogen-bond donors (Lipinski definition) is 3. The number of benzene rings is 1. The minimum absolute atomic E-state index is 0.173. The molecule has 1 unspecified atom stereocenters. The first-order chi connectivity index (χ1) is 14.9. The second-order valence-electron chi connectivity index (χ2n) is 8.16. The Bertz CT molecular complexity index is 1110. The highest BCUT2D eigenvalue weighted by atomic mass is 79.9. The van der Waals surface area contributed by atoms with Crippen LogP contribution in [-0.4, -0.2) is 46.2 Å². The van der Waals surface area contributed by atoms with Gasteiger partial charge in [0.2, 0.25) is 0 Å². The van der Waals surface area contributed by atoms with E-state index in [4.69, 9.17) is 11.6 Å². The van der Waals surface area contributed by atoms with Gasteiger partial charge in [-0.3, -0.25) is 4.79 Å². The van der Waals surface area contributed by atoms with Crippen molar-refractivity contribution in [3.63, 3.8) is 0 Å². The summed E-state index contributed by atoms with van der Waals surface area (Å²) >= 11 is 11.3. The highest BCUT2D eigenvalue weighted by Crippen LogP contribution is 2.53. The van der Waals surface area contributed by atoms with Crippen molar-refractivity contribution in [2.24, 2.45) is 4.99 Å². The van der Waals surface area contributed by atoms with Gasteiger partial charge in [0, 0.05) is 45.7 Å². The minimum atomic E-state index is -1.29. The summed E-state index contributed by atoms with van der Waals surface area (Å²) in [6.45, 7) is 0.684. The molecule has 1 aliphatic carbocycles. The number of rotatable bonds is 4. The first kappa shape index (κ1) is 21.2. The third kappa shape index (κ3) is 3.74. The number of carbonyl (C=O) groups excluding carboxylic acids is 1. The summed E-state index contributed by atoms with van der Waals surface area (Å²) in [6.07, 6.45) is 0.250. The van der Waals surface area contributed by atoms with Gasteiger partial charge in [-0.15, -0.1) is 0 Å². The molecule has 0 spiro atoms. The van der Waals surface area contributed by atoms with Gasteiger partial charge in [-0.05, 0) is 57.4 Å². The van der Waals surface area contributed by atoms with E-state index in [9.17, 15) is 15.0 Å². The Morgan fingerprint density at radius 2 is 2.19 bits per heavy atom. The zero-order valence-electron chi connectivity index (χ0n) is 16.5. The summed E-state index contributed by atoms with van der Waals surface area (Å²) in [5.74, 6) is 0.397. The van der Waals surface area contributed by atoms with E-state index in [-0.39, 0.29) is 12.0 Å². The molecule has 0 bridgehead atoms. The molecule has 3 heterocycles. The molecule has 1 amide bonds. The fourth-order valence-corrected chi connectivity index (χ4v) is 6.32. The molecular formula is C22H21BrClN3O3S. The van der Waals surface area contributed by atoms with E-state index in [2.05, 4.69) is 37.0 Å². The van der Waals surface area contributed by atoms with Crippen LogP contribution >= 0.6 is 38.9 Å². The third-order valence-corrected chi connectivity index (χ3v) is 8.19. The van der Waals surface area contributed by atoms with Crippen molar-refractivity contribution in [3.05, 3.63) is 66.9 Å². The van der Waals surface area contributed by atoms with Gasteiger partial charge < -0.3 is 20.4 Å². The molecule has 6 nitrogen and oxygen atoms in total. The Balaban J connectivity index is 1.33. The average Bonchev–Trinajstić information content (AvgIpc) is 3.46. The standard InChI is InChI=1S/C22H21BrClN3O3S/c23-16-11-31-10-15(16)22(5-6-22)21-25-17-4-7-27(9-14(17)19(29)26-21)20(30)18(28)12-2-1-3-13(24)8-12/h1-3,8,10-11,18-19,28-29H,4-7,9H2,(H,25,26)/t18-,19?/m1/s1. The lowest BCUT2D eigenvalue weighted by molar-refractivity contribution is -0.140. The van der Waals surface area contributed by atoms with Gasteiger partial charge in [0.15, 0.2) is 12.3 Å². The van der Waals surface area contributed by atoms with Crippen LogP contribution in [0.5, 0.6) is 0 Å². The summed E-state index contributed by atoms with van der Waals surface area (Å²) in [5, 5.41) is 29.5. The largest absolute Gasteiger partial charge is 0.378 e. The number of amidine groups is 1. The van der Waals surface area contributed by atoms with Crippen molar-refractivity contribution in [1.29, 1.82) is 0 Å². The van der Waals surface area contributed by atoms with E-state index in [1.165, 1.54) is 5.56 Å². The number of nitrogens with zero attached hydrogens (tertiary/aromatic N) is 2. The molecule has 1 saturated carbocycles. The van der Waals surface area contributed by atoms with Crippen LogP contribution in [0.2, 0.25) is 5.02 Å². The maximum Gasteiger partial charge on any atom is 0.256 e. The summed E-state index contributed by atoms with van der Waals surface area (Å²) in [6, 6.07) is 6.66. The highest BCUT2D eigenvalue weighted by Gasteiger charge is 2.52. The van der Waals surface area contributed by atoms with Gasteiger partial charge in [0.1, 0.15) is 5.84 Å². The van der Waals surface area contributed by atoms with Crippen LogP contribution in [0, 0.1) is 0 Å². The Hall–Kier alpha value is -1.71. The first-order valence-electron chi connectivity index (χ1n) is 10.1. The SMILES string of the molecule is O=C([C@H](O)c1cccc(Cl)c1)N1CCC2=C(C1)C(O)N=C(C1(c3cscc3Br)CC1)N2. The van der Waals surface area contributed by atoms with Gasteiger partial charge in [-0.25, -0.2) is 4.99 Å². The molecule has 2 atom stereocenters. The van der Waals surface area contributed by atoms with Gasteiger partial charge >= 0.3 is 0 Å². The van der Waals surface area contributed by atoms with Gasteiger partial charge in [-0.1, -0.05) is 23.7 Å². The molecule has 162 valence electrons. The van der Waals surface area contributed by atoms with Crippen molar-refractivity contribution in [2.75, 3.05) is 13.1 Å². The van der Waals surface area contributed by atoms with Gasteiger partial charge in [0.05, 0.1) is 5.41 Å². The molecule has 9 heteroatoms. The predicted molar refractivity (Wildman–Crippen MR) is 124 cm³/mol. The zero-order valence-corrected chi connectivity index (χ0v) is 19.7. The average molecular weight is 523 g/mol. The first-order valence-corrected chi connectivity index (χ1v) is 12.2. The summed E-state index contributed by atoms with van der Waals surface area (Å²) in [7, 11) is 0. The molecule has 1 aromatic heterocycles. The molecule has 0 radical (unpaired) electrons. The van der Waals surface area contributed by atoms with Crippen molar-refractivity contribution >= 4 is 50.6 Å². The third-order valence-electron chi connectivity index (χ3n) is 6.26. The molecule has 2 aliphatic heterocycles. The summed E-state index contributed by atoms with van der Waals surface area (Å²) < 4.78 is 1.07. The molecule has 3 N–H and O–H groups in total. The fraction of sp³-hybridized carbons (Fsp3) is 0.364. The van der Waals surface area contributed by atoms with Gasteiger partial charge in [0.25, 0.3) is 5.91 Å². The molecule has 3 aliphatic rings. The maximum atomic E-state index is 12.9. The van der Waals surface area contributed by atoms with E-state index < -0.39 is 18.2 Å². The number of aliphatic hydroxyl groups excluding tert-OH is 2. The van der Waals surface area contributed by atoms with Crippen molar-refractivity contribution in [2.45, 2.75) is 37.0 Å². The second kappa shape index (κ2) is 8.01. The van der Waals surface area contributed by atoms with E-state index >= 15 is 0 Å². The van der Waals surface area contributed by atoms with Crippen LogP contribution in [0.4, 0.5) is 0 Å². The van der Waals surface area contributed by atoms with E-state index in [1.807, 2.05) is 0 Å². The molecule has 5 rings (SSSR count). The molecule has 31 heavy (non-hydrogen) atoms. The minimum Gasteiger partial charge on any atom is -0.378 e. The summed E-state index contributed by atoms with van der Waals surface area (Å²) in [5.41, 5.74) is 3.10. The lowest BCUT2D eigenvalue weighted by Gasteiger charge is -2.37. The van der Waals surface area contributed by atoms with Crippen LogP contribution < -0.4 is 5.32 Å². The van der Waals surface area contributed by atoms with Crippen LogP contribution in [0.25, 0.3) is 0 Å². The normalized spacial score (nSPS) is 23.0. The van der Waals surface area contributed by atoms with Crippen LogP contribution in [-0.2, 0) is 10.2 Å². The molecule has 0 saturated heterocycles. The maximum absolute atomic E-state index is 12.9. The predicted octanol–water partition coefficient (Wildman–Crippen LogP) is 3.74. The fourth-order valence-electron chi connectivity index (χ4n) is 4.35. The van der Waals surface area contributed by atoms with Crippen LogP contribution in [0.3, 0.4) is 0 Å².